The van der Waals surface area contributed by atoms with Crippen LogP contribution in [0.3, 0.4) is 0 Å². The highest BCUT2D eigenvalue weighted by molar-refractivity contribution is 4.83. The molecule has 3 unspecified atom stereocenters. The van der Waals surface area contributed by atoms with Crippen LogP contribution in [0.1, 0.15) is 73.1 Å². The summed E-state index contributed by atoms with van der Waals surface area (Å²) >= 11 is 0. The van der Waals surface area contributed by atoms with Crippen molar-refractivity contribution in [2.24, 2.45) is 17.8 Å². The maximum absolute atomic E-state index is 10.4. The highest BCUT2D eigenvalue weighted by Gasteiger charge is 2.26. The molecule has 0 saturated heterocycles. The van der Waals surface area contributed by atoms with E-state index in [0.717, 1.165) is 24.8 Å². The monoisotopic (exact) mass is 269 g/mol. The van der Waals surface area contributed by atoms with Crippen molar-refractivity contribution >= 4 is 0 Å². The van der Waals surface area contributed by atoms with E-state index >= 15 is 0 Å². The lowest BCUT2D eigenvalue weighted by Crippen LogP contribution is -2.45. The predicted octanol–water partition coefficient (Wildman–Crippen LogP) is 3.98. The number of hydrogen-bond acceptors (Lipinski definition) is 2. The second-order valence-electron chi connectivity index (χ2n) is 7.83. The van der Waals surface area contributed by atoms with Gasteiger partial charge in [0, 0.05) is 12.6 Å². The van der Waals surface area contributed by atoms with Crippen LogP contribution in [0.2, 0.25) is 0 Å². The van der Waals surface area contributed by atoms with Gasteiger partial charge in [0.05, 0.1) is 5.60 Å². The zero-order valence-corrected chi connectivity index (χ0v) is 13.7. The Balaban J connectivity index is 2.32. The number of aliphatic hydroxyl groups is 1. The molecule has 0 aromatic carbocycles. The lowest BCUT2D eigenvalue weighted by atomic mass is 9.81. The minimum absolute atomic E-state index is 0.553. The maximum Gasteiger partial charge on any atom is 0.0746 e. The summed E-state index contributed by atoms with van der Waals surface area (Å²) < 4.78 is 0. The van der Waals surface area contributed by atoms with Gasteiger partial charge in [-0.05, 0) is 50.4 Å². The van der Waals surface area contributed by atoms with Crippen LogP contribution in [0.5, 0.6) is 0 Å². The molecule has 0 radical (unpaired) electrons. The zero-order valence-electron chi connectivity index (χ0n) is 13.7. The minimum Gasteiger partial charge on any atom is -0.389 e. The van der Waals surface area contributed by atoms with Crippen molar-refractivity contribution < 1.29 is 5.11 Å². The summed E-state index contributed by atoms with van der Waals surface area (Å²) in [5.74, 6) is 2.26. The van der Waals surface area contributed by atoms with Crippen molar-refractivity contribution in [1.29, 1.82) is 0 Å². The first kappa shape index (κ1) is 17.0. The van der Waals surface area contributed by atoms with Gasteiger partial charge in [-0.3, -0.25) is 0 Å². The Morgan fingerprint density at radius 3 is 2.42 bits per heavy atom. The molecule has 2 nitrogen and oxygen atoms in total. The third-order valence-electron chi connectivity index (χ3n) is 4.21. The average molecular weight is 269 g/mol. The summed E-state index contributed by atoms with van der Waals surface area (Å²) in [5.41, 5.74) is -0.556. The Bertz CT molecular complexity index is 248. The lowest BCUT2D eigenvalue weighted by Gasteiger charge is -2.34. The van der Waals surface area contributed by atoms with Crippen LogP contribution in [0.25, 0.3) is 0 Å². The Morgan fingerprint density at radius 2 is 1.84 bits per heavy atom. The fourth-order valence-corrected chi connectivity index (χ4v) is 3.67. The second-order valence-corrected chi connectivity index (χ2v) is 7.83. The molecule has 1 saturated carbocycles. The molecule has 2 heteroatoms. The van der Waals surface area contributed by atoms with E-state index in [1.165, 1.54) is 32.1 Å². The summed E-state index contributed by atoms with van der Waals surface area (Å²) in [6.45, 7) is 11.7. The molecule has 114 valence electrons. The normalized spacial score (nSPS) is 27.8. The first-order valence-electron chi connectivity index (χ1n) is 8.24. The van der Waals surface area contributed by atoms with E-state index < -0.39 is 5.60 Å². The van der Waals surface area contributed by atoms with Gasteiger partial charge < -0.3 is 10.4 Å². The van der Waals surface area contributed by atoms with Crippen LogP contribution >= 0.6 is 0 Å². The third kappa shape index (κ3) is 7.31. The molecule has 0 bridgehead atoms. The molecule has 0 aliphatic heterocycles. The summed E-state index contributed by atoms with van der Waals surface area (Å²) in [5, 5.41) is 14.0. The SMILES string of the molecule is CC(C)CC1CCCC(NCC(C)(O)CC(C)C)C1. The second kappa shape index (κ2) is 7.64. The number of nitrogens with one attached hydrogen (secondary N) is 1. The molecule has 1 fully saturated rings. The maximum atomic E-state index is 10.4. The molecular weight excluding hydrogens is 234 g/mol. The largest absolute Gasteiger partial charge is 0.389 e. The minimum atomic E-state index is -0.556. The fourth-order valence-electron chi connectivity index (χ4n) is 3.67. The van der Waals surface area contributed by atoms with E-state index in [4.69, 9.17) is 0 Å². The molecule has 0 aromatic rings. The van der Waals surface area contributed by atoms with Crippen molar-refractivity contribution in [3.63, 3.8) is 0 Å². The smallest absolute Gasteiger partial charge is 0.0746 e. The summed E-state index contributed by atoms with van der Waals surface area (Å²) in [6, 6.07) is 0.621. The molecule has 2 N–H and O–H groups in total. The molecule has 0 heterocycles. The third-order valence-corrected chi connectivity index (χ3v) is 4.21. The molecule has 0 spiro atoms. The summed E-state index contributed by atoms with van der Waals surface area (Å²) in [6.07, 6.45) is 7.57. The summed E-state index contributed by atoms with van der Waals surface area (Å²) in [7, 11) is 0. The standard InChI is InChI=1S/C17H35NO/c1-13(2)9-15-7-6-8-16(10-15)18-12-17(5,19)11-14(3)4/h13-16,18-19H,6-12H2,1-5H3. The van der Waals surface area contributed by atoms with E-state index in [0.29, 0.717) is 12.0 Å². The zero-order chi connectivity index (χ0) is 14.5. The molecule has 0 amide bonds. The van der Waals surface area contributed by atoms with Crippen molar-refractivity contribution in [2.45, 2.75) is 84.8 Å². The van der Waals surface area contributed by atoms with E-state index in [1.807, 2.05) is 6.92 Å². The molecule has 1 rings (SSSR count). The molecule has 19 heavy (non-hydrogen) atoms. The van der Waals surface area contributed by atoms with Crippen molar-refractivity contribution in [1.82, 2.24) is 5.32 Å². The average Bonchev–Trinajstić information content (AvgIpc) is 2.24. The van der Waals surface area contributed by atoms with Gasteiger partial charge in [-0.1, -0.05) is 40.5 Å². The van der Waals surface area contributed by atoms with Crippen LogP contribution in [0, 0.1) is 17.8 Å². The first-order valence-corrected chi connectivity index (χ1v) is 8.24. The van der Waals surface area contributed by atoms with Gasteiger partial charge in [0.2, 0.25) is 0 Å². The highest BCUT2D eigenvalue weighted by atomic mass is 16.3. The number of hydrogen-bond donors (Lipinski definition) is 2. The van der Waals surface area contributed by atoms with Gasteiger partial charge in [0.1, 0.15) is 0 Å². The first-order chi connectivity index (χ1) is 8.78. The van der Waals surface area contributed by atoms with Crippen LogP contribution in [-0.2, 0) is 0 Å². The van der Waals surface area contributed by atoms with E-state index in [-0.39, 0.29) is 0 Å². The molecular formula is C17H35NO. The molecule has 3 atom stereocenters. The fraction of sp³-hybridized carbons (Fsp3) is 1.00. The summed E-state index contributed by atoms with van der Waals surface area (Å²) in [4.78, 5) is 0. The van der Waals surface area contributed by atoms with E-state index in [9.17, 15) is 5.11 Å². The highest BCUT2D eigenvalue weighted by Crippen LogP contribution is 2.29. The Hall–Kier alpha value is -0.0800. The lowest BCUT2D eigenvalue weighted by molar-refractivity contribution is 0.0334. The van der Waals surface area contributed by atoms with Crippen LogP contribution in [0.15, 0.2) is 0 Å². The Morgan fingerprint density at radius 1 is 1.16 bits per heavy atom. The molecule has 0 aromatic heterocycles. The van der Waals surface area contributed by atoms with Crippen LogP contribution in [0.4, 0.5) is 0 Å². The quantitative estimate of drug-likeness (QED) is 0.733. The predicted molar refractivity (Wildman–Crippen MR) is 83.3 cm³/mol. The van der Waals surface area contributed by atoms with E-state index in [2.05, 4.69) is 33.0 Å². The Labute approximate surface area is 120 Å². The van der Waals surface area contributed by atoms with Crippen molar-refractivity contribution in [3.05, 3.63) is 0 Å². The van der Waals surface area contributed by atoms with Gasteiger partial charge in [0.15, 0.2) is 0 Å². The van der Waals surface area contributed by atoms with Crippen LogP contribution < -0.4 is 5.32 Å². The van der Waals surface area contributed by atoms with Gasteiger partial charge in [-0.2, -0.15) is 0 Å². The van der Waals surface area contributed by atoms with E-state index in [1.54, 1.807) is 0 Å². The van der Waals surface area contributed by atoms with Crippen molar-refractivity contribution in [2.75, 3.05) is 6.54 Å². The number of rotatable bonds is 7. The van der Waals surface area contributed by atoms with Crippen LogP contribution in [-0.4, -0.2) is 23.3 Å². The van der Waals surface area contributed by atoms with Crippen molar-refractivity contribution in [3.8, 4) is 0 Å². The van der Waals surface area contributed by atoms with Gasteiger partial charge in [0.25, 0.3) is 0 Å². The van der Waals surface area contributed by atoms with Gasteiger partial charge in [-0.15, -0.1) is 0 Å². The Kier molecular flexibility index (Phi) is 6.82. The van der Waals surface area contributed by atoms with Gasteiger partial charge >= 0.3 is 0 Å². The molecule has 1 aliphatic carbocycles. The van der Waals surface area contributed by atoms with Gasteiger partial charge in [-0.25, -0.2) is 0 Å². The topological polar surface area (TPSA) is 32.3 Å². The molecule has 1 aliphatic rings.